The van der Waals surface area contributed by atoms with Gasteiger partial charge in [0, 0.05) is 25.6 Å². The molecule has 0 bridgehead atoms. The number of hydrogen-bond donors (Lipinski definition) is 2. The Kier molecular flexibility index (Phi) is 13.9. The Morgan fingerprint density at radius 2 is 1.47 bits per heavy atom. The van der Waals surface area contributed by atoms with Crippen LogP contribution in [0.5, 0.6) is 5.75 Å². The molecule has 7 nitrogen and oxygen atoms in total. The van der Waals surface area contributed by atoms with Crippen molar-refractivity contribution in [3.05, 3.63) is 54.1 Å². The van der Waals surface area contributed by atoms with Gasteiger partial charge in [-0.15, -0.1) is 0 Å². The molecule has 0 aliphatic heterocycles. The minimum absolute atomic E-state index is 0.311. The van der Waals surface area contributed by atoms with Gasteiger partial charge in [0.25, 0.3) is 5.91 Å². The molecule has 1 amide bonds. The number of carbonyl (C=O) groups is 2. The Balaban J connectivity index is 2.26. The third-order valence-electron chi connectivity index (χ3n) is 7.47. The first-order chi connectivity index (χ1) is 18.4. The van der Waals surface area contributed by atoms with Crippen LogP contribution in [0.3, 0.4) is 0 Å². The summed E-state index contributed by atoms with van der Waals surface area (Å²) in [6, 6.07) is 15.4. The smallest absolute Gasteiger partial charge is 0.322 e. The maximum Gasteiger partial charge on any atom is 0.322 e. The molecule has 38 heavy (non-hydrogen) atoms. The van der Waals surface area contributed by atoms with E-state index in [1.165, 1.54) is 0 Å². The van der Waals surface area contributed by atoms with E-state index in [9.17, 15) is 9.59 Å². The summed E-state index contributed by atoms with van der Waals surface area (Å²) in [5.74, 6) is -0.239. The summed E-state index contributed by atoms with van der Waals surface area (Å²) >= 11 is 0. The molecule has 0 radical (unpaired) electrons. The van der Waals surface area contributed by atoms with Gasteiger partial charge in [-0.05, 0) is 48.8 Å². The van der Waals surface area contributed by atoms with Crippen molar-refractivity contribution < 1.29 is 19.4 Å². The maximum atomic E-state index is 13.0. The molecule has 2 N–H and O–H groups in total. The molecule has 1 atom stereocenters. The minimum atomic E-state index is -1.09. The Hall–Kier alpha value is -2.90. The van der Waals surface area contributed by atoms with Crippen molar-refractivity contribution in [3.63, 3.8) is 0 Å². The molecule has 0 saturated heterocycles. The fourth-order valence-corrected chi connectivity index (χ4v) is 4.92. The van der Waals surface area contributed by atoms with Crippen molar-refractivity contribution >= 4 is 11.9 Å². The van der Waals surface area contributed by atoms with E-state index in [0.29, 0.717) is 29.8 Å². The van der Waals surface area contributed by atoms with Gasteiger partial charge in [-0.25, -0.2) is 0 Å². The minimum Gasteiger partial charge on any atom is -0.492 e. The second-order valence-electron chi connectivity index (χ2n) is 9.72. The second-order valence-corrected chi connectivity index (χ2v) is 9.72. The highest BCUT2D eigenvalue weighted by Crippen LogP contribution is 2.29. The molecular formula is C31H47N3O4. The van der Waals surface area contributed by atoms with E-state index in [1.807, 2.05) is 42.5 Å². The summed E-state index contributed by atoms with van der Waals surface area (Å²) < 4.78 is 6.37. The lowest BCUT2D eigenvalue weighted by atomic mass is 9.88. The third-order valence-corrected chi connectivity index (χ3v) is 7.47. The zero-order valence-electron chi connectivity index (χ0n) is 23.9. The van der Waals surface area contributed by atoms with Crippen molar-refractivity contribution in [1.29, 1.82) is 0 Å². The predicted octanol–water partition coefficient (Wildman–Crippen LogP) is 5.26. The summed E-state index contributed by atoms with van der Waals surface area (Å²) in [6.45, 7) is 17.2. The van der Waals surface area contributed by atoms with Gasteiger partial charge in [0.15, 0.2) is 0 Å². The zero-order valence-corrected chi connectivity index (χ0v) is 23.9. The highest BCUT2D eigenvalue weighted by Gasteiger charge is 2.24. The highest BCUT2D eigenvalue weighted by atomic mass is 16.5. The first kappa shape index (κ1) is 31.3. The van der Waals surface area contributed by atoms with Crippen LogP contribution in [0.4, 0.5) is 0 Å². The monoisotopic (exact) mass is 525 g/mol. The number of carbonyl (C=O) groups excluding carboxylic acids is 1. The van der Waals surface area contributed by atoms with E-state index in [-0.39, 0.29) is 0 Å². The third kappa shape index (κ3) is 9.76. The summed E-state index contributed by atoms with van der Waals surface area (Å²) in [6.07, 6.45) is 2.13. The highest BCUT2D eigenvalue weighted by molar-refractivity contribution is 5.99. The number of amides is 1. The van der Waals surface area contributed by atoms with Crippen LogP contribution in [0.15, 0.2) is 48.5 Å². The number of hydrogen-bond acceptors (Lipinski definition) is 5. The molecule has 0 heterocycles. The maximum absolute atomic E-state index is 13.0. The number of aliphatic carboxylic acids is 1. The first-order valence-corrected chi connectivity index (χ1v) is 14.1. The summed E-state index contributed by atoms with van der Waals surface area (Å²) in [7, 11) is 0. The largest absolute Gasteiger partial charge is 0.492 e. The number of benzene rings is 2. The summed E-state index contributed by atoms with van der Waals surface area (Å²) in [4.78, 5) is 29.0. The van der Waals surface area contributed by atoms with Crippen LogP contribution in [-0.4, -0.2) is 79.2 Å². The van der Waals surface area contributed by atoms with E-state index in [0.717, 1.165) is 63.2 Å². The Morgan fingerprint density at radius 1 is 0.842 bits per heavy atom. The summed E-state index contributed by atoms with van der Waals surface area (Å²) in [5.41, 5.74) is 2.21. The quantitative estimate of drug-likeness (QED) is 0.276. The number of rotatable bonds is 18. The van der Waals surface area contributed by atoms with Crippen LogP contribution < -0.4 is 10.1 Å². The van der Waals surface area contributed by atoms with Crippen molar-refractivity contribution in [2.45, 2.75) is 47.5 Å². The Bertz CT molecular complexity index is 974. The van der Waals surface area contributed by atoms with Crippen molar-refractivity contribution in [3.8, 4) is 16.9 Å². The van der Waals surface area contributed by atoms with Gasteiger partial charge in [0.2, 0.25) is 0 Å². The van der Waals surface area contributed by atoms with Gasteiger partial charge in [-0.3, -0.25) is 9.59 Å². The van der Waals surface area contributed by atoms with Crippen LogP contribution in [0.25, 0.3) is 11.1 Å². The van der Waals surface area contributed by atoms with E-state index in [1.54, 1.807) is 6.07 Å². The lowest BCUT2D eigenvalue weighted by Gasteiger charge is -2.32. The topological polar surface area (TPSA) is 82.1 Å². The van der Waals surface area contributed by atoms with Crippen molar-refractivity contribution in [2.75, 3.05) is 52.4 Å². The average Bonchev–Trinajstić information content (AvgIpc) is 2.95. The Labute approximate surface area is 229 Å². The van der Waals surface area contributed by atoms with Crippen LogP contribution in [-0.2, 0) is 4.79 Å². The number of nitrogens with one attached hydrogen (secondary N) is 1. The number of ether oxygens (including phenoxy) is 1. The molecule has 210 valence electrons. The number of nitrogens with zero attached hydrogens (tertiary/aromatic N) is 2. The first-order valence-electron chi connectivity index (χ1n) is 14.1. The molecule has 0 aromatic heterocycles. The lowest BCUT2D eigenvalue weighted by Crippen LogP contribution is -2.40. The van der Waals surface area contributed by atoms with E-state index >= 15 is 0 Å². The number of carboxylic acids is 1. The van der Waals surface area contributed by atoms with Gasteiger partial charge < -0.3 is 25.0 Å². The molecule has 2 rings (SSSR count). The van der Waals surface area contributed by atoms with Crippen LogP contribution in [0, 0.1) is 11.8 Å². The zero-order chi connectivity index (χ0) is 27.9. The predicted molar refractivity (Wildman–Crippen MR) is 155 cm³/mol. The summed E-state index contributed by atoms with van der Waals surface area (Å²) in [5, 5.41) is 11.6. The van der Waals surface area contributed by atoms with E-state index in [2.05, 4.69) is 49.7 Å². The average molecular weight is 526 g/mol. The number of likely N-dealkylation sites (N-methyl/N-ethyl adjacent to an activating group) is 2. The van der Waals surface area contributed by atoms with Gasteiger partial charge in [0.05, 0.1) is 12.2 Å². The molecular weight excluding hydrogens is 478 g/mol. The van der Waals surface area contributed by atoms with E-state index in [4.69, 9.17) is 9.84 Å². The van der Waals surface area contributed by atoms with Gasteiger partial charge in [-0.2, -0.15) is 0 Å². The molecule has 0 aliphatic carbocycles. The standard InChI is InChI=1S/C31H47N3O4/c1-6-24(7-2)27(22-34(10-5)19-18-33(8-3)9-4)23-38-29-17-16-26(25-14-12-11-13-15-25)20-28(29)31(37)32-21-30(35)36/h11-17,20,24,27H,6-10,18-19,21-23H2,1-5H3,(H,32,37)(H,35,36)/t27-/m1/s1. The van der Waals surface area contributed by atoms with Gasteiger partial charge in [-0.1, -0.05) is 83.9 Å². The molecule has 0 saturated carbocycles. The second kappa shape index (κ2) is 16.8. The van der Waals surface area contributed by atoms with E-state index < -0.39 is 18.4 Å². The molecule has 0 spiro atoms. The van der Waals surface area contributed by atoms with Gasteiger partial charge in [0.1, 0.15) is 12.3 Å². The fourth-order valence-electron chi connectivity index (χ4n) is 4.92. The van der Waals surface area contributed by atoms with Gasteiger partial charge >= 0.3 is 5.97 Å². The molecule has 7 heteroatoms. The number of carboxylic acid groups (broad SMARTS) is 1. The normalized spacial score (nSPS) is 12.2. The Morgan fingerprint density at radius 3 is 2.05 bits per heavy atom. The van der Waals surface area contributed by atoms with Crippen LogP contribution in [0.1, 0.15) is 57.8 Å². The lowest BCUT2D eigenvalue weighted by molar-refractivity contribution is -0.135. The van der Waals surface area contributed by atoms with Crippen LogP contribution >= 0.6 is 0 Å². The molecule has 0 aliphatic rings. The molecule has 0 unspecified atom stereocenters. The van der Waals surface area contributed by atoms with Crippen molar-refractivity contribution in [2.24, 2.45) is 11.8 Å². The van der Waals surface area contributed by atoms with Crippen molar-refractivity contribution in [1.82, 2.24) is 15.1 Å². The fraction of sp³-hybridized carbons (Fsp3) is 0.548. The molecule has 2 aromatic rings. The SMILES string of the molecule is CCC(CC)[C@@H](COc1ccc(-c2ccccc2)cc1C(=O)NCC(=O)O)CN(CC)CCN(CC)CC. The molecule has 2 aromatic carbocycles. The molecule has 0 fully saturated rings. The van der Waals surface area contributed by atoms with Crippen LogP contribution in [0.2, 0.25) is 0 Å².